The highest BCUT2D eigenvalue weighted by atomic mass is 32.2. The van der Waals surface area contributed by atoms with Crippen molar-refractivity contribution in [2.45, 2.75) is 23.9 Å². The van der Waals surface area contributed by atoms with Gasteiger partial charge in [0.15, 0.2) is 5.96 Å². The molecule has 0 aromatic heterocycles. The first-order valence-electron chi connectivity index (χ1n) is 11.6. The largest absolute Gasteiger partial charge is 0.389 e. The van der Waals surface area contributed by atoms with Crippen LogP contribution in [0.4, 0.5) is 5.69 Å². The van der Waals surface area contributed by atoms with Crippen LogP contribution < -0.4 is 21.1 Å². The van der Waals surface area contributed by atoms with Crippen LogP contribution in [0, 0.1) is 0 Å². The Balaban J connectivity index is 1.32. The number of guanidine groups is 1. The van der Waals surface area contributed by atoms with Gasteiger partial charge in [-0.25, -0.2) is 13.2 Å². The van der Waals surface area contributed by atoms with Gasteiger partial charge in [0.1, 0.15) is 0 Å². The van der Waals surface area contributed by atoms with Crippen LogP contribution in [0.2, 0.25) is 0 Å². The maximum atomic E-state index is 12.4. The molecule has 3 aromatic rings. The number of hydrogen-bond acceptors (Lipinski definition) is 9. The fourth-order valence-corrected chi connectivity index (χ4v) is 4.75. The van der Waals surface area contributed by atoms with Gasteiger partial charge in [-0.1, -0.05) is 42.5 Å². The van der Waals surface area contributed by atoms with Crippen LogP contribution in [0.5, 0.6) is 0 Å². The summed E-state index contributed by atoms with van der Waals surface area (Å²) in [6.45, 7) is 1.66. The highest BCUT2D eigenvalue weighted by Crippen LogP contribution is 2.23. The molecule has 4 rings (SSSR count). The molecule has 3 aromatic carbocycles. The zero-order valence-electron chi connectivity index (χ0n) is 19.9. The Morgan fingerprint density at radius 2 is 1.76 bits per heavy atom. The maximum absolute atomic E-state index is 12.4. The van der Waals surface area contributed by atoms with Crippen molar-refractivity contribution >= 4 is 33.6 Å². The first-order chi connectivity index (χ1) is 17.8. The molecule has 0 aliphatic carbocycles. The van der Waals surface area contributed by atoms with Crippen molar-refractivity contribution in [2.75, 3.05) is 18.4 Å². The van der Waals surface area contributed by atoms with Crippen LogP contribution >= 0.6 is 0 Å². The number of nitrogens with zero attached hydrogens (tertiary/aromatic N) is 1. The normalized spacial score (nSPS) is 14.1. The Kier molecular flexibility index (Phi) is 8.29. The first-order valence-corrected chi connectivity index (χ1v) is 13.1. The van der Waals surface area contributed by atoms with Gasteiger partial charge in [-0.2, -0.15) is 4.72 Å². The number of aliphatic imine (C=N–C) groups is 1. The molecule has 0 saturated carbocycles. The lowest BCUT2D eigenvalue weighted by atomic mass is 10.0. The lowest BCUT2D eigenvalue weighted by Gasteiger charge is -2.16. The Morgan fingerprint density at radius 3 is 2.46 bits per heavy atom. The third-order valence-corrected chi connectivity index (χ3v) is 6.94. The van der Waals surface area contributed by atoms with E-state index in [1.165, 1.54) is 12.1 Å². The molecule has 5 N–H and O–H groups in total. The van der Waals surface area contributed by atoms with Gasteiger partial charge in [-0.15, -0.1) is 0 Å². The number of nitrogens with two attached hydrogens (primary N) is 1. The minimum Gasteiger partial charge on any atom is -0.389 e. The Morgan fingerprint density at radius 1 is 1.00 bits per heavy atom. The minimum absolute atomic E-state index is 0.00992. The number of carbonyl (C=O) groups excluding carboxylic acids is 2. The molecule has 10 nitrogen and oxygen atoms in total. The number of ether oxygens (including phenoxy) is 1. The van der Waals surface area contributed by atoms with Crippen molar-refractivity contribution < 1.29 is 22.7 Å². The van der Waals surface area contributed by atoms with Gasteiger partial charge in [-0.05, 0) is 53.9 Å². The van der Waals surface area contributed by atoms with E-state index in [2.05, 4.69) is 20.3 Å². The molecule has 1 atom stereocenters. The lowest BCUT2D eigenvalue weighted by molar-refractivity contribution is -0.138. The molecule has 0 amide bonds. The summed E-state index contributed by atoms with van der Waals surface area (Å²) in [5.41, 5.74) is 8.58. The van der Waals surface area contributed by atoms with Crippen LogP contribution in [0.1, 0.15) is 23.2 Å². The van der Waals surface area contributed by atoms with Gasteiger partial charge in [0.2, 0.25) is 10.0 Å². The topological polar surface area (TPSA) is 152 Å². The Hall–Kier alpha value is -4.06. The maximum Gasteiger partial charge on any atom is 0.345 e. The van der Waals surface area contributed by atoms with Crippen LogP contribution in [0.3, 0.4) is 0 Å². The standard InChI is InChI=1S/C26H27N5O5S/c27-23(31-37(34,35)22-8-2-1-3-9-22)17-24(32)36-25(33)19-12-10-18(11-13-19)20-6-4-7-21(16-20)30-26-28-14-5-15-29-26/h1-4,6-13,16,23,31H,5,14-15,17,27H2,(H2,28,29,30)/t23-/m0/s1. The number of esters is 2. The zero-order chi connectivity index (χ0) is 26.3. The number of benzene rings is 3. The highest BCUT2D eigenvalue weighted by molar-refractivity contribution is 7.89. The van der Waals surface area contributed by atoms with Crippen molar-refractivity contribution in [3.63, 3.8) is 0 Å². The smallest absolute Gasteiger partial charge is 0.345 e. The molecule has 0 bridgehead atoms. The summed E-state index contributed by atoms with van der Waals surface area (Å²) in [6, 6.07) is 22.0. The van der Waals surface area contributed by atoms with Crippen LogP contribution in [0.15, 0.2) is 88.8 Å². The average molecular weight is 522 g/mol. The molecule has 192 valence electrons. The van der Waals surface area contributed by atoms with E-state index in [-0.39, 0.29) is 10.5 Å². The molecule has 1 heterocycles. The van der Waals surface area contributed by atoms with E-state index in [1.54, 1.807) is 42.5 Å². The molecule has 37 heavy (non-hydrogen) atoms. The number of sulfonamides is 1. The van der Waals surface area contributed by atoms with E-state index in [0.717, 1.165) is 42.3 Å². The molecular weight excluding hydrogens is 494 g/mol. The molecule has 0 spiro atoms. The first kappa shape index (κ1) is 26.0. The predicted octanol–water partition coefficient (Wildman–Crippen LogP) is 2.45. The summed E-state index contributed by atoms with van der Waals surface area (Å²) in [5, 5.41) is 6.47. The van der Waals surface area contributed by atoms with Gasteiger partial charge < -0.3 is 21.1 Å². The van der Waals surface area contributed by atoms with Gasteiger partial charge in [0.25, 0.3) is 0 Å². The monoisotopic (exact) mass is 521 g/mol. The number of rotatable bonds is 8. The minimum atomic E-state index is -3.91. The van der Waals surface area contributed by atoms with Gasteiger partial charge >= 0.3 is 11.9 Å². The zero-order valence-corrected chi connectivity index (χ0v) is 20.7. The fraction of sp³-hybridized carbons (Fsp3) is 0.192. The summed E-state index contributed by atoms with van der Waals surface area (Å²) in [7, 11) is -3.91. The third kappa shape index (κ3) is 7.23. The molecular formula is C26H27N5O5S. The number of hydrogen-bond donors (Lipinski definition) is 4. The number of carbonyl (C=O) groups is 2. The third-order valence-electron chi connectivity index (χ3n) is 5.43. The molecule has 0 unspecified atom stereocenters. The molecule has 0 radical (unpaired) electrons. The molecule has 0 saturated heterocycles. The second-order valence-corrected chi connectivity index (χ2v) is 10.0. The second-order valence-electron chi connectivity index (χ2n) is 8.30. The molecule has 1 aliphatic heterocycles. The van der Waals surface area contributed by atoms with Crippen molar-refractivity contribution in [1.82, 2.24) is 10.0 Å². The van der Waals surface area contributed by atoms with E-state index < -0.39 is 34.5 Å². The molecule has 0 fully saturated rings. The van der Waals surface area contributed by atoms with E-state index >= 15 is 0 Å². The van der Waals surface area contributed by atoms with Gasteiger partial charge in [-0.3, -0.25) is 9.79 Å². The van der Waals surface area contributed by atoms with Crippen LogP contribution in [-0.2, 0) is 19.6 Å². The Labute approximate surface area is 215 Å². The molecule has 1 aliphatic rings. The highest BCUT2D eigenvalue weighted by Gasteiger charge is 2.22. The van der Waals surface area contributed by atoms with E-state index in [4.69, 9.17) is 10.5 Å². The van der Waals surface area contributed by atoms with Crippen molar-refractivity contribution in [2.24, 2.45) is 10.7 Å². The summed E-state index contributed by atoms with van der Waals surface area (Å²) in [4.78, 5) is 29.0. The van der Waals surface area contributed by atoms with Crippen molar-refractivity contribution in [3.8, 4) is 11.1 Å². The average Bonchev–Trinajstić information content (AvgIpc) is 2.89. The quantitative estimate of drug-likeness (QED) is 0.200. The predicted molar refractivity (Wildman–Crippen MR) is 140 cm³/mol. The van der Waals surface area contributed by atoms with Crippen molar-refractivity contribution in [1.29, 1.82) is 0 Å². The summed E-state index contributed by atoms with van der Waals surface area (Å²) in [5.74, 6) is -1.07. The lowest BCUT2D eigenvalue weighted by Crippen LogP contribution is -2.43. The summed E-state index contributed by atoms with van der Waals surface area (Å²) in [6.07, 6.45) is -0.773. The van der Waals surface area contributed by atoms with Crippen LogP contribution in [-0.4, -0.2) is 45.6 Å². The fourth-order valence-electron chi connectivity index (χ4n) is 3.62. The van der Waals surface area contributed by atoms with Crippen molar-refractivity contribution in [3.05, 3.63) is 84.4 Å². The van der Waals surface area contributed by atoms with E-state index in [9.17, 15) is 18.0 Å². The van der Waals surface area contributed by atoms with E-state index in [1.807, 2.05) is 24.3 Å². The summed E-state index contributed by atoms with van der Waals surface area (Å²) < 4.78 is 31.7. The van der Waals surface area contributed by atoms with E-state index in [0.29, 0.717) is 0 Å². The van der Waals surface area contributed by atoms with Crippen LogP contribution in [0.25, 0.3) is 11.1 Å². The number of anilines is 1. The molecule has 11 heteroatoms. The summed E-state index contributed by atoms with van der Waals surface area (Å²) >= 11 is 0. The Bertz CT molecular complexity index is 1390. The van der Waals surface area contributed by atoms with Gasteiger partial charge in [0, 0.05) is 18.8 Å². The van der Waals surface area contributed by atoms with Gasteiger partial charge in [0.05, 0.1) is 23.0 Å². The number of nitrogens with one attached hydrogen (secondary N) is 3. The second kappa shape index (κ2) is 11.8. The SMILES string of the molecule is N[C@H](CC(=O)OC(=O)c1ccc(-c2cccc(NC3=NCCCN3)c2)cc1)NS(=O)(=O)c1ccccc1.